The number of amidine groups is 1. The molecule has 162 valence electrons. The number of benzene rings is 2. The first-order chi connectivity index (χ1) is 13.9. The normalized spacial score (nSPS) is 18.9. The topological polar surface area (TPSA) is 129 Å². The molecule has 1 aliphatic carbocycles. The van der Waals surface area contributed by atoms with E-state index in [9.17, 15) is 15.0 Å². The molecule has 0 bridgehead atoms. The van der Waals surface area contributed by atoms with Gasteiger partial charge in [-0.25, -0.2) is 4.79 Å². The summed E-state index contributed by atoms with van der Waals surface area (Å²) in [5.41, 5.74) is 8.17. The van der Waals surface area contributed by atoms with Gasteiger partial charge in [0.05, 0.1) is 6.10 Å². The van der Waals surface area contributed by atoms with Crippen LogP contribution in [0.2, 0.25) is 0 Å². The summed E-state index contributed by atoms with van der Waals surface area (Å²) in [6.07, 6.45) is 2.54. The SMILES string of the molecule is CCc1cc(C(Nc2ccc(C(=N)N)cc2)C(=O)O)ccc1OC1CCCC1O.Cl. The zero-order valence-electron chi connectivity index (χ0n) is 16.8. The molecule has 8 heteroatoms. The smallest absolute Gasteiger partial charge is 0.330 e. The van der Waals surface area contributed by atoms with Crippen LogP contribution < -0.4 is 15.8 Å². The van der Waals surface area contributed by atoms with E-state index in [1.54, 1.807) is 36.4 Å². The number of ether oxygens (including phenoxy) is 1. The molecule has 0 saturated heterocycles. The minimum atomic E-state index is -0.998. The number of aliphatic carboxylic acids is 1. The number of anilines is 1. The number of aryl methyl sites for hydroxylation is 1. The number of rotatable bonds is 8. The van der Waals surface area contributed by atoms with Crippen molar-refractivity contribution in [3.63, 3.8) is 0 Å². The predicted molar refractivity (Wildman–Crippen MR) is 119 cm³/mol. The maximum absolute atomic E-state index is 11.9. The maximum Gasteiger partial charge on any atom is 0.330 e. The lowest BCUT2D eigenvalue weighted by Crippen LogP contribution is -2.26. The molecule has 0 aliphatic heterocycles. The van der Waals surface area contributed by atoms with Crippen LogP contribution in [0.5, 0.6) is 5.75 Å². The molecule has 7 nitrogen and oxygen atoms in total. The lowest BCUT2D eigenvalue weighted by molar-refractivity contribution is -0.138. The van der Waals surface area contributed by atoms with Crippen LogP contribution in [0.4, 0.5) is 5.69 Å². The van der Waals surface area contributed by atoms with E-state index in [-0.39, 0.29) is 24.3 Å². The van der Waals surface area contributed by atoms with Gasteiger partial charge in [0.1, 0.15) is 17.7 Å². The number of carboxylic acid groups (broad SMARTS) is 1. The summed E-state index contributed by atoms with van der Waals surface area (Å²) in [4.78, 5) is 11.9. The average molecular weight is 434 g/mol. The van der Waals surface area contributed by atoms with Crippen molar-refractivity contribution in [1.82, 2.24) is 0 Å². The maximum atomic E-state index is 11.9. The average Bonchev–Trinajstić information content (AvgIpc) is 3.11. The van der Waals surface area contributed by atoms with E-state index in [4.69, 9.17) is 15.9 Å². The summed E-state index contributed by atoms with van der Waals surface area (Å²) in [7, 11) is 0. The van der Waals surface area contributed by atoms with Crippen molar-refractivity contribution in [3.05, 3.63) is 59.2 Å². The quantitative estimate of drug-likeness (QED) is 0.320. The van der Waals surface area contributed by atoms with Gasteiger partial charge in [-0.05, 0) is 73.2 Å². The number of aliphatic hydroxyl groups excluding tert-OH is 1. The van der Waals surface area contributed by atoms with E-state index < -0.39 is 18.1 Å². The van der Waals surface area contributed by atoms with E-state index in [1.165, 1.54) is 0 Å². The number of nitrogens with one attached hydrogen (secondary N) is 2. The Kier molecular flexibility index (Phi) is 8.08. The number of hydrogen-bond donors (Lipinski definition) is 5. The Morgan fingerprint density at radius 1 is 1.27 bits per heavy atom. The molecule has 1 fully saturated rings. The number of halogens is 1. The lowest BCUT2D eigenvalue weighted by atomic mass is 10.0. The highest BCUT2D eigenvalue weighted by Crippen LogP contribution is 2.30. The van der Waals surface area contributed by atoms with Gasteiger partial charge in [0, 0.05) is 11.3 Å². The number of nitrogen functional groups attached to an aromatic ring is 1. The molecule has 1 aliphatic rings. The van der Waals surface area contributed by atoms with Gasteiger partial charge in [-0.1, -0.05) is 13.0 Å². The largest absolute Gasteiger partial charge is 0.487 e. The second-order valence-electron chi connectivity index (χ2n) is 7.28. The molecule has 3 rings (SSSR count). The summed E-state index contributed by atoms with van der Waals surface area (Å²) in [5, 5.41) is 30.2. The van der Waals surface area contributed by atoms with Crippen molar-refractivity contribution >= 4 is 29.9 Å². The number of carbonyl (C=O) groups is 1. The van der Waals surface area contributed by atoms with Crippen LogP contribution in [-0.4, -0.2) is 34.2 Å². The Hall–Kier alpha value is -2.77. The number of nitrogens with two attached hydrogens (primary N) is 1. The van der Waals surface area contributed by atoms with Gasteiger partial charge in [0.2, 0.25) is 0 Å². The molecule has 0 spiro atoms. The van der Waals surface area contributed by atoms with E-state index >= 15 is 0 Å². The lowest BCUT2D eigenvalue weighted by Gasteiger charge is -2.22. The van der Waals surface area contributed by atoms with Gasteiger partial charge in [-0.2, -0.15) is 0 Å². The number of aliphatic hydroxyl groups is 1. The first-order valence-electron chi connectivity index (χ1n) is 9.80. The molecule has 3 atom stereocenters. The fourth-order valence-electron chi connectivity index (χ4n) is 3.58. The Morgan fingerprint density at radius 2 is 1.97 bits per heavy atom. The van der Waals surface area contributed by atoms with Gasteiger partial charge < -0.3 is 26.0 Å². The zero-order valence-corrected chi connectivity index (χ0v) is 17.6. The molecule has 0 amide bonds. The van der Waals surface area contributed by atoms with E-state index in [0.29, 0.717) is 29.0 Å². The minimum absolute atomic E-state index is 0. The van der Waals surface area contributed by atoms with Crippen molar-refractivity contribution in [3.8, 4) is 5.75 Å². The molecule has 3 unspecified atom stereocenters. The molecule has 6 N–H and O–H groups in total. The molecule has 0 aromatic heterocycles. The van der Waals surface area contributed by atoms with Crippen molar-refractivity contribution < 1.29 is 19.7 Å². The van der Waals surface area contributed by atoms with Crippen LogP contribution in [0.25, 0.3) is 0 Å². The van der Waals surface area contributed by atoms with Crippen molar-refractivity contribution in [2.75, 3.05) is 5.32 Å². The summed E-state index contributed by atoms with van der Waals surface area (Å²) in [6.45, 7) is 1.99. The molecule has 0 heterocycles. The highest BCUT2D eigenvalue weighted by molar-refractivity contribution is 5.95. The van der Waals surface area contributed by atoms with Crippen molar-refractivity contribution in [2.45, 2.75) is 50.9 Å². The van der Waals surface area contributed by atoms with E-state index in [2.05, 4.69) is 5.32 Å². The highest BCUT2D eigenvalue weighted by atomic mass is 35.5. The van der Waals surface area contributed by atoms with Crippen molar-refractivity contribution in [1.29, 1.82) is 5.41 Å². The zero-order chi connectivity index (χ0) is 21.0. The van der Waals surface area contributed by atoms with Gasteiger partial charge in [0.25, 0.3) is 0 Å². The van der Waals surface area contributed by atoms with Crippen molar-refractivity contribution in [2.24, 2.45) is 5.73 Å². The third-order valence-electron chi connectivity index (χ3n) is 5.25. The monoisotopic (exact) mass is 433 g/mol. The predicted octanol–water partition coefficient (Wildman–Crippen LogP) is 3.48. The van der Waals surface area contributed by atoms with Crippen LogP contribution in [0.3, 0.4) is 0 Å². The number of carboxylic acids is 1. The fourth-order valence-corrected chi connectivity index (χ4v) is 3.58. The third kappa shape index (κ3) is 5.43. The van der Waals surface area contributed by atoms with Crippen LogP contribution in [0.15, 0.2) is 42.5 Å². The van der Waals surface area contributed by atoms with E-state index in [0.717, 1.165) is 24.8 Å². The molecule has 0 radical (unpaired) electrons. The summed E-state index contributed by atoms with van der Waals surface area (Å²) < 4.78 is 6.01. The van der Waals surface area contributed by atoms with Gasteiger partial charge >= 0.3 is 5.97 Å². The van der Waals surface area contributed by atoms with Gasteiger partial charge in [-0.3, -0.25) is 5.41 Å². The Balaban J connectivity index is 0.00000320. The second-order valence-corrected chi connectivity index (χ2v) is 7.28. The summed E-state index contributed by atoms with van der Waals surface area (Å²) >= 11 is 0. The molecule has 30 heavy (non-hydrogen) atoms. The Morgan fingerprint density at radius 3 is 2.50 bits per heavy atom. The molecular formula is C22H28ClN3O4. The van der Waals surface area contributed by atoms with Gasteiger partial charge in [-0.15, -0.1) is 12.4 Å². The second kappa shape index (κ2) is 10.3. The molecule has 1 saturated carbocycles. The van der Waals surface area contributed by atoms with Crippen LogP contribution in [-0.2, 0) is 11.2 Å². The summed E-state index contributed by atoms with van der Waals surface area (Å²) in [6, 6.07) is 11.2. The highest BCUT2D eigenvalue weighted by Gasteiger charge is 2.28. The fraction of sp³-hybridized carbons (Fsp3) is 0.364. The van der Waals surface area contributed by atoms with Crippen LogP contribution in [0, 0.1) is 5.41 Å². The van der Waals surface area contributed by atoms with Crippen LogP contribution >= 0.6 is 12.4 Å². The molecular weight excluding hydrogens is 406 g/mol. The minimum Gasteiger partial charge on any atom is -0.487 e. The first kappa shape index (κ1) is 23.5. The number of hydrogen-bond acceptors (Lipinski definition) is 5. The molecule has 2 aromatic carbocycles. The summed E-state index contributed by atoms with van der Waals surface area (Å²) in [5.74, 6) is -0.346. The molecule has 2 aromatic rings. The Bertz CT molecular complexity index is 888. The Labute approximate surface area is 182 Å². The van der Waals surface area contributed by atoms with E-state index in [1.807, 2.05) is 13.0 Å². The van der Waals surface area contributed by atoms with Crippen LogP contribution in [0.1, 0.15) is 48.9 Å². The third-order valence-corrected chi connectivity index (χ3v) is 5.25. The van der Waals surface area contributed by atoms with Gasteiger partial charge in [0.15, 0.2) is 6.04 Å². The first-order valence-corrected chi connectivity index (χ1v) is 9.80. The standard InChI is InChI=1S/C22H27N3O4.ClH/c1-2-13-12-15(8-11-18(13)29-19-5-3-4-17(19)26)20(22(27)28)25-16-9-6-14(7-10-16)21(23)24;/h6-12,17,19-20,25-26H,2-5H2,1H3,(H3,23,24)(H,27,28);1H.